The van der Waals surface area contributed by atoms with Gasteiger partial charge in [-0.3, -0.25) is 9.59 Å². The normalized spacial score (nSPS) is 10.8. The lowest BCUT2D eigenvalue weighted by atomic mass is 10.1. The van der Waals surface area contributed by atoms with Crippen molar-refractivity contribution in [1.29, 1.82) is 0 Å². The molecule has 1 aromatic heterocycles. The zero-order valence-electron chi connectivity index (χ0n) is 14.3. The van der Waals surface area contributed by atoms with Crippen LogP contribution in [0.25, 0.3) is 10.9 Å². The van der Waals surface area contributed by atoms with Crippen molar-refractivity contribution < 1.29 is 9.59 Å². The molecular weight excluding hydrogens is 300 g/mol. The Kier molecular flexibility index (Phi) is 3.97. The summed E-state index contributed by atoms with van der Waals surface area (Å²) in [7, 11) is 2.03. The molecule has 1 heterocycles. The number of Topliss-reactive ketones (excluding diaryl/α,β-unsaturated/α-hetero) is 1. The van der Waals surface area contributed by atoms with Crippen molar-refractivity contribution in [3.63, 3.8) is 0 Å². The Morgan fingerprint density at radius 2 is 1.58 bits per heavy atom. The fraction of sp³-hybridized carbons (Fsp3) is 0.200. The first kappa shape index (κ1) is 16.0. The summed E-state index contributed by atoms with van der Waals surface area (Å²) in [6.45, 7) is 5.67. The van der Waals surface area contributed by atoms with Gasteiger partial charge in [0.05, 0.1) is 0 Å². The van der Waals surface area contributed by atoms with Crippen molar-refractivity contribution in [2.75, 3.05) is 5.32 Å². The summed E-state index contributed by atoms with van der Waals surface area (Å²) in [5.41, 5.74) is 5.42. The number of carbonyl (C=O) groups is 2. The minimum atomic E-state index is -0.159. The summed E-state index contributed by atoms with van der Waals surface area (Å²) in [6.07, 6.45) is 0. The fourth-order valence-electron chi connectivity index (χ4n) is 2.89. The molecule has 2 aromatic carbocycles. The van der Waals surface area contributed by atoms with Crippen molar-refractivity contribution in [3.8, 4) is 0 Å². The quantitative estimate of drug-likeness (QED) is 0.733. The smallest absolute Gasteiger partial charge is 0.255 e. The maximum absolute atomic E-state index is 12.5. The van der Waals surface area contributed by atoms with E-state index in [1.807, 2.05) is 25.2 Å². The van der Waals surface area contributed by atoms with Gasteiger partial charge < -0.3 is 9.88 Å². The molecule has 0 fully saturated rings. The number of hydrogen-bond acceptors (Lipinski definition) is 2. The van der Waals surface area contributed by atoms with Crippen LogP contribution in [0, 0.1) is 13.8 Å². The van der Waals surface area contributed by atoms with Gasteiger partial charge in [-0.1, -0.05) is 0 Å². The Labute approximate surface area is 141 Å². The molecule has 0 atom stereocenters. The number of carbonyl (C=O) groups excluding carboxylic acids is 2. The Bertz CT molecular complexity index is 950. The summed E-state index contributed by atoms with van der Waals surface area (Å²) in [4.78, 5) is 23.8. The van der Waals surface area contributed by atoms with Crippen LogP contribution >= 0.6 is 0 Å². The molecule has 0 aliphatic carbocycles. The Hall–Kier alpha value is -2.88. The molecule has 0 unspecified atom stereocenters. The summed E-state index contributed by atoms with van der Waals surface area (Å²) in [5, 5.41) is 3.97. The molecule has 0 spiro atoms. The van der Waals surface area contributed by atoms with E-state index in [1.165, 1.54) is 18.2 Å². The average molecular weight is 320 g/mol. The lowest BCUT2D eigenvalue weighted by molar-refractivity contribution is 0.101. The molecular formula is C20H20N2O2. The van der Waals surface area contributed by atoms with E-state index in [2.05, 4.69) is 23.7 Å². The van der Waals surface area contributed by atoms with Crippen LogP contribution in [0.4, 0.5) is 5.69 Å². The van der Waals surface area contributed by atoms with Gasteiger partial charge in [-0.25, -0.2) is 0 Å². The van der Waals surface area contributed by atoms with Gasteiger partial charge in [0.1, 0.15) is 0 Å². The Morgan fingerprint density at radius 1 is 0.958 bits per heavy atom. The highest BCUT2D eigenvalue weighted by atomic mass is 16.1. The zero-order valence-corrected chi connectivity index (χ0v) is 14.3. The monoisotopic (exact) mass is 320 g/mol. The predicted molar refractivity (Wildman–Crippen MR) is 96.8 cm³/mol. The van der Waals surface area contributed by atoms with E-state index in [0.717, 1.165) is 10.9 Å². The van der Waals surface area contributed by atoms with Gasteiger partial charge in [-0.15, -0.1) is 0 Å². The zero-order chi connectivity index (χ0) is 17.4. The molecule has 0 aliphatic rings. The summed E-state index contributed by atoms with van der Waals surface area (Å²) in [5.74, 6) is -0.151. The van der Waals surface area contributed by atoms with Gasteiger partial charge in [0.2, 0.25) is 0 Å². The fourth-order valence-corrected chi connectivity index (χ4v) is 2.89. The Balaban J connectivity index is 1.88. The summed E-state index contributed by atoms with van der Waals surface area (Å²) in [6, 6.07) is 12.6. The number of hydrogen-bond donors (Lipinski definition) is 1. The molecule has 4 heteroatoms. The minimum Gasteiger partial charge on any atom is -0.348 e. The highest BCUT2D eigenvalue weighted by Gasteiger charge is 2.12. The molecule has 0 saturated carbocycles. The van der Waals surface area contributed by atoms with Crippen LogP contribution < -0.4 is 5.32 Å². The average Bonchev–Trinajstić information content (AvgIpc) is 2.79. The number of rotatable bonds is 3. The van der Waals surface area contributed by atoms with Gasteiger partial charge in [0.25, 0.3) is 5.91 Å². The van der Waals surface area contributed by atoms with E-state index >= 15 is 0 Å². The van der Waals surface area contributed by atoms with Gasteiger partial charge in [-0.05, 0) is 68.8 Å². The molecule has 122 valence electrons. The van der Waals surface area contributed by atoms with Gasteiger partial charge >= 0.3 is 0 Å². The van der Waals surface area contributed by atoms with Crippen molar-refractivity contribution in [3.05, 3.63) is 64.8 Å². The molecule has 24 heavy (non-hydrogen) atoms. The van der Waals surface area contributed by atoms with Crippen LogP contribution in [0.3, 0.4) is 0 Å². The van der Waals surface area contributed by atoms with E-state index in [0.29, 0.717) is 16.8 Å². The van der Waals surface area contributed by atoms with Crippen molar-refractivity contribution >= 4 is 28.3 Å². The lowest BCUT2D eigenvalue weighted by Crippen LogP contribution is -2.11. The van der Waals surface area contributed by atoms with E-state index in [-0.39, 0.29) is 11.7 Å². The van der Waals surface area contributed by atoms with Crippen LogP contribution in [0.15, 0.2) is 42.5 Å². The Morgan fingerprint density at radius 3 is 2.21 bits per heavy atom. The highest BCUT2D eigenvalue weighted by molar-refractivity contribution is 6.07. The number of aromatic nitrogens is 1. The van der Waals surface area contributed by atoms with E-state index in [1.54, 1.807) is 24.3 Å². The second kappa shape index (κ2) is 5.96. The van der Waals surface area contributed by atoms with E-state index in [4.69, 9.17) is 0 Å². The third-order valence-corrected chi connectivity index (χ3v) is 4.62. The molecule has 3 rings (SSSR count). The van der Waals surface area contributed by atoms with Gasteiger partial charge in [0, 0.05) is 40.5 Å². The topological polar surface area (TPSA) is 51.1 Å². The third kappa shape index (κ3) is 2.71. The third-order valence-electron chi connectivity index (χ3n) is 4.62. The number of amides is 1. The first-order chi connectivity index (χ1) is 11.4. The first-order valence-corrected chi connectivity index (χ1v) is 7.86. The second-order valence-corrected chi connectivity index (χ2v) is 6.09. The van der Waals surface area contributed by atoms with Crippen LogP contribution in [-0.2, 0) is 7.05 Å². The minimum absolute atomic E-state index is 0.00764. The summed E-state index contributed by atoms with van der Waals surface area (Å²) < 4.78 is 2.13. The van der Waals surface area contributed by atoms with E-state index < -0.39 is 0 Å². The number of ketones is 1. The number of anilines is 1. The molecule has 0 bridgehead atoms. The standard InChI is InChI=1S/C20H20N2O2/c1-12-13(2)22(4)19-10-7-16(11-18(12)19)20(24)21-17-8-5-15(6-9-17)14(3)23/h5-11H,1-4H3,(H,21,24). The molecule has 0 aliphatic heterocycles. The maximum atomic E-state index is 12.5. The molecule has 3 aromatic rings. The number of nitrogens with zero attached hydrogens (tertiary/aromatic N) is 1. The lowest BCUT2D eigenvalue weighted by Gasteiger charge is -2.07. The highest BCUT2D eigenvalue weighted by Crippen LogP contribution is 2.25. The largest absolute Gasteiger partial charge is 0.348 e. The van der Waals surface area contributed by atoms with Crippen molar-refractivity contribution in [1.82, 2.24) is 4.57 Å². The van der Waals surface area contributed by atoms with Crippen molar-refractivity contribution in [2.24, 2.45) is 7.05 Å². The van der Waals surface area contributed by atoms with Crippen molar-refractivity contribution in [2.45, 2.75) is 20.8 Å². The molecule has 0 saturated heterocycles. The number of aryl methyl sites for hydroxylation is 2. The maximum Gasteiger partial charge on any atom is 0.255 e. The molecule has 1 amide bonds. The predicted octanol–water partition coefficient (Wildman–Crippen LogP) is 4.25. The van der Waals surface area contributed by atoms with Crippen LogP contribution in [-0.4, -0.2) is 16.3 Å². The van der Waals surface area contributed by atoms with Gasteiger partial charge in [-0.2, -0.15) is 0 Å². The second-order valence-electron chi connectivity index (χ2n) is 6.09. The summed E-state index contributed by atoms with van der Waals surface area (Å²) >= 11 is 0. The molecule has 4 nitrogen and oxygen atoms in total. The number of nitrogens with one attached hydrogen (secondary N) is 1. The SMILES string of the molecule is CC(=O)c1ccc(NC(=O)c2ccc3c(c2)c(C)c(C)n3C)cc1. The van der Waals surface area contributed by atoms with Crippen LogP contribution in [0.2, 0.25) is 0 Å². The first-order valence-electron chi connectivity index (χ1n) is 7.86. The molecule has 0 radical (unpaired) electrons. The number of fused-ring (bicyclic) bond motifs is 1. The van der Waals surface area contributed by atoms with E-state index in [9.17, 15) is 9.59 Å². The van der Waals surface area contributed by atoms with Crippen LogP contribution in [0.1, 0.15) is 38.9 Å². The number of benzene rings is 2. The van der Waals surface area contributed by atoms with Crippen LogP contribution in [0.5, 0.6) is 0 Å². The molecule has 1 N–H and O–H groups in total. The van der Waals surface area contributed by atoms with Gasteiger partial charge in [0.15, 0.2) is 5.78 Å².